The third-order valence-corrected chi connectivity index (χ3v) is 3.37. The average molecular weight is 267 g/mol. The van der Waals surface area contributed by atoms with Crippen molar-refractivity contribution in [2.24, 2.45) is 4.99 Å². The molecule has 100 valence electrons. The molecule has 0 unspecified atom stereocenters. The number of fused-ring (bicyclic) bond motifs is 1. The van der Waals surface area contributed by atoms with Gasteiger partial charge in [0, 0.05) is 6.42 Å². The SMILES string of the molecule is COc1ccc(-c2ccc3c(c2)N=C(C(=O)O)C3)cc1. The Labute approximate surface area is 116 Å². The summed E-state index contributed by atoms with van der Waals surface area (Å²) in [6.07, 6.45) is 0.396. The van der Waals surface area contributed by atoms with Crippen molar-refractivity contribution in [1.82, 2.24) is 0 Å². The molecule has 0 saturated heterocycles. The first-order valence-electron chi connectivity index (χ1n) is 6.25. The molecule has 2 aromatic rings. The zero-order chi connectivity index (χ0) is 14.1. The summed E-state index contributed by atoms with van der Waals surface area (Å²) in [5.41, 5.74) is 3.97. The minimum atomic E-state index is -0.952. The molecule has 1 heterocycles. The minimum absolute atomic E-state index is 0.201. The highest BCUT2D eigenvalue weighted by atomic mass is 16.5. The maximum Gasteiger partial charge on any atom is 0.350 e. The molecule has 0 amide bonds. The molecular formula is C16H13NO3. The largest absolute Gasteiger partial charge is 0.497 e. The lowest BCUT2D eigenvalue weighted by molar-refractivity contribution is -0.129. The van der Waals surface area contributed by atoms with Gasteiger partial charge in [-0.3, -0.25) is 0 Å². The van der Waals surface area contributed by atoms with Crippen molar-refractivity contribution in [2.45, 2.75) is 6.42 Å². The summed E-state index contributed by atoms with van der Waals surface area (Å²) < 4.78 is 5.13. The van der Waals surface area contributed by atoms with E-state index in [4.69, 9.17) is 9.84 Å². The molecule has 0 spiro atoms. The first-order chi connectivity index (χ1) is 9.67. The summed E-state index contributed by atoms with van der Waals surface area (Å²) in [5, 5.41) is 8.98. The van der Waals surface area contributed by atoms with Crippen molar-refractivity contribution < 1.29 is 14.6 Å². The molecule has 1 N–H and O–H groups in total. The van der Waals surface area contributed by atoms with E-state index in [0.717, 1.165) is 28.1 Å². The van der Waals surface area contributed by atoms with Gasteiger partial charge in [0.15, 0.2) is 0 Å². The van der Waals surface area contributed by atoms with Crippen molar-refractivity contribution in [2.75, 3.05) is 7.11 Å². The molecule has 20 heavy (non-hydrogen) atoms. The van der Waals surface area contributed by atoms with Gasteiger partial charge in [0.05, 0.1) is 12.8 Å². The minimum Gasteiger partial charge on any atom is -0.497 e. The van der Waals surface area contributed by atoms with E-state index in [1.165, 1.54) is 0 Å². The van der Waals surface area contributed by atoms with E-state index in [1.54, 1.807) is 7.11 Å². The van der Waals surface area contributed by atoms with Crippen LogP contribution < -0.4 is 4.74 Å². The number of carboxylic acids is 1. The van der Waals surface area contributed by atoms with Gasteiger partial charge in [0.2, 0.25) is 0 Å². The van der Waals surface area contributed by atoms with Crippen LogP contribution in [0.15, 0.2) is 47.5 Å². The molecule has 0 saturated carbocycles. The fraction of sp³-hybridized carbons (Fsp3) is 0.125. The number of hydrogen-bond acceptors (Lipinski definition) is 3. The highest BCUT2D eigenvalue weighted by molar-refractivity contribution is 6.37. The Morgan fingerprint density at radius 2 is 1.85 bits per heavy atom. The Bertz CT molecular complexity index is 702. The standard InChI is InChI=1S/C16H13NO3/c1-20-13-6-4-10(5-7-13)11-2-3-12-9-15(16(18)19)17-14(12)8-11/h2-8H,9H2,1H3,(H,18,19). The predicted octanol–water partition coefficient (Wildman–Crippen LogP) is 3.08. The maximum atomic E-state index is 11.0. The van der Waals surface area contributed by atoms with Gasteiger partial charge in [-0.25, -0.2) is 9.79 Å². The number of carboxylic acid groups (broad SMARTS) is 1. The Balaban J connectivity index is 1.96. The lowest BCUT2D eigenvalue weighted by Crippen LogP contribution is -2.11. The van der Waals surface area contributed by atoms with Crippen molar-refractivity contribution in [3.63, 3.8) is 0 Å². The van der Waals surface area contributed by atoms with E-state index in [2.05, 4.69) is 4.99 Å². The van der Waals surface area contributed by atoms with Crippen LogP contribution in [-0.4, -0.2) is 23.9 Å². The average Bonchev–Trinajstić information content (AvgIpc) is 2.90. The normalized spacial score (nSPS) is 12.8. The van der Waals surface area contributed by atoms with Crippen LogP contribution in [0.5, 0.6) is 5.75 Å². The second kappa shape index (κ2) is 4.81. The van der Waals surface area contributed by atoms with E-state index in [1.807, 2.05) is 42.5 Å². The van der Waals surface area contributed by atoms with Crippen molar-refractivity contribution in [1.29, 1.82) is 0 Å². The lowest BCUT2D eigenvalue weighted by Gasteiger charge is -2.05. The molecule has 1 aliphatic heterocycles. The van der Waals surface area contributed by atoms with Crippen LogP contribution in [0.25, 0.3) is 11.1 Å². The Morgan fingerprint density at radius 1 is 1.15 bits per heavy atom. The Kier molecular flexibility index (Phi) is 2.99. The lowest BCUT2D eigenvalue weighted by atomic mass is 10.0. The second-order valence-electron chi connectivity index (χ2n) is 4.61. The molecule has 0 bridgehead atoms. The highest BCUT2D eigenvalue weighted by Crippen LogP contribution is 2.32. The zero-order valence-corrected chi connectivity index (χ0v) is 11.0. The van der Waals surface area contributed by atoms with Gasteiger partial charge in [-0.2, -0.15) is 0 Å². The molecule has 1 aliphatic rings. The van der Waals surface area contributed by atoms with Crippen LogP contribution in [0.3, 0.4) is 0 Å². The van der Waals surface area contributed by atoms with Crippen molar-refractivity contribution in [3.05, 3.63) is 48.0 Å². The summed E-state index contributed by atoms with van der Waals surface area (Å²) in [4.78, 5) is 15.1. The number of hydrogen-bond donors (Lipinski definition) is 1. The highest BCUT2D eigenvalue weighted by Gasteiger charge is 2.20. The smallest absolute Gasteiger partial charge is 0.350 e. The molecule has 0 atom stereocenters. The summed E-state index contributed by atoms with van der Waals surface area (Å²) in [6.45, 7) is 0. The van der Waals surface area contributed by atoms with E-state index in [-0.39, 0.29) is 5.71 Å². The van der Waals surface area contributed by atoms with Crippen LogP contribution in [0.1, 0.15) is 5.56 Å². The van der Waals surface area contributed by atoms with Gasteiger partial charge in [-0.15, -0.1) is 0 Å². The molecule has 4 heteroatoms. The van der Waals surface area contributed by atoms with Gasteiger partial charge in [-0.05, 0) is 34.9 Å². The van der Waals surface area contributed by atoms with Crippen LogP contribution in [0.4, 0.5) is 5.69 Å². The number of nitrogens with zero attached hydrogens (tertiary/aromatic N) is 1. The topological polar surface area (TPSA) is 58.9 Å². The fourth-order valence-electron chi connectivity index (χ4n) is 2.27. The summed E-state index contributed by atoms with van der Waals surface area (Å²) in [6, 6.07) is 13.6. The number of rotatable bonds is 3. The van der Waals surface area contributed by atoms with E-state index in [0.29, 0.717) is 6.42 Å². The molecule has 3 rings (SSSR count). The van der Waals surface area contributed by atoms with E-state index in [9.17, 15) is 4.79 Å². The van der Waals surface area contributed by atoms with Gasteiger partial charge < -0.3 is 9.84 Å². The molecule has 0 fully saturated rings. The fourth-order valence-corrected chi connectivity index (χ4v) is 2.27. The molecular weight excluding hydrogens is 254 g/mol. The number of aliphatic carboxylic acids is 1. The number of methoxy groups -OCH3 is 1. The summed E-state index contributed by atoms with van der Waals surface area (Å²) >= 11 is 0. The molecule has 0 aromatic heterocycles. The van der Waals surface area contributed by atoms with Crippen LogP contribution in [0, 0.1) is 0 Å². The summed E-state index contributed by atoms with van der Waals surface area (Å²) in [7, 11) is 1.63. The number of carbonyl (C=O) groups is 1. The van der Waals surface area contributed by atoms with Crippen LogP contribution in [0.2, 0.25) is 0 Å². The molecule has 2 aromatic carbocycles. The monoisotopic (exact) mass is 267 g/mol. The third-order valence-electron chi connectivity index (χ3n) is 3.37. The zero-order valence-electron chi connectivity index (χ0n) is 11.0. The first kappa shape index (κ1) is 12.4. The molecule has 0 radical (unpaired) electrons. The number of aliphatic imine (C=N–C) groups is 1. The van der Waals surface area contributed by atoms with E-state index < -0.39 is 5.97 Å². The van der Waals surface area contributed by atoms with E-state index >= 15 is 0 Å². The number of benzene rings is 2. The third kappa shape index (κ3) is 2.16. The molecule has 4 nitrogen and oxygen atoms in total. The Hall–Kier alpha value is -2.62. The number of ether oxygens (including phenoxy) is 1. The van der Waals surface area contributed by atoms with Crippen molar-refractivity contribution >= 4 is 17.4 Å². The molecule has 0 aliphatic carbocycles. The predicted molar refractivity (Wildman–Crippen MR) is 76.9 cm³/mol. The van der Waals surface area contributed by atoms with Crippen LogP contribution in [-0.2, 0) is 11.2 Å². The van der Waals surface area contributed by atoms with Gasteiger partial charge >= 0.3 is 5.97 Å². The second-order valence-corrected chi connectivity index (χ2v) is 4.61. The van der Waals surface area contributed by atoms with Gasteiger partial charge in [-0.1, -0.05) is 24.3 Å². The van der Waals surface area contributed by atoms with Crippen molar-refractivity contribution in [3.8, 4) is 16.9 Å². The maximum absolute atomic E-state index is 11.0. The Morgan fingerprint density at radius 3 is 2.50 bits per heavy atom. The van der Waals surface area contributed by atoms with Gasteiger partial charge in [0.25, 0.3) is 0 Å². The van der Waals surface area contributed by atoms with Crippen LogP contribution >= 0.6 is 0 Å². The summed E-state index contributed by atoms with van der Waals surface area (Å²) in [5.74, 6) is -0.145. The first-order valence-corrected chi connectivity index (χ1v) is 6.25. The van der Waals surface area contributed by atoms with Gasteiger partial charge in [0.1, 0.15) is 11.5 Å². The quantitative estimate of drug-likeness (QED) is 0.929.